The summed E-state index contributed by atoms with van der Waals surface area (Å²) in [5, 5.41) is 0. The number of rotatable bonds is 59. The van der Waals surface area contributed by atoms with E-state index in [1.165, 1.54) is 257 Å². The van der Waals surface area contributed by atoms with E-state index in [0.717, 1.165) is 64.2 Å². The van der Waals surface area contributed by atoms with Crippen LogP contribution in [0.4, 0.5) is 0 Å². The van der Waals surface area contributed by atoms with Crippen LogP contribution in [0.3, 0.4) is 0 Å². The van der Waals surface area contributed by atoms with Crippen molar-refractivity contribution in [2.75, 3.05) is 13.2 Å². The monoisotopic (exact) mass is 987 g/mol. The zero-order chi connectivity index (χ0) is 50.7. The molecule has 70 heavy (non-hydrogen) atoms. The minimum absolute atomic E-state index is 0.0677. The second-order valence-corrected chi connectivity index (χ2v) is 21.7. The molecule has 0 aromatic heterocycles. The summed E-state index contributed by atoms with van der Waals surface area (Å²) in [6, 6.07) is 0. The molecular formula is C64H122O6. The molecule has 414 valence electrons. The fraction of sp³-hybridized carbons (Fsp3) is 0.922. The first kappa shape index (κ1) is 68.2. The Morgan fingerprint density at radius 3 is 0.714 bits per heavy atom. The summed E-state index contributed by atoms with van der Waals surface area (Å²) in [5.41, 5.74) is 0. The van der Waals surface area contributed by atoms with Crippen molar-refractivity contribution < 1.29 is 28.6 Å². The minimum atomic E-state index is -0.768. The maximum absolute atomic E-state index is 12.8. The van der Waals surface area contributed by atoms with E-state index in [2.05, 4.69) is 32.9 Å². The van der Waals surface area contributed by atoms with Gasteiger partial charge >= 0.3 is 17.9 Å². The van der Waals surface area contributed by atoms with Crippen molar-refractivity contribution in [1.29, 1.82) is 0 Å². The molecule has 6 nitrogen and oxygen atoms in total. The van der Waals surface area contributed by atoms with Gasteiger partial charge in [-0.05, 0) is 44.9 Å². The molecule has 0 aliphatic carbocycles. The van der Waals surface area contributed by atoms with Crippen LogP contribution in [0.5, 0.6) is 0 Å². The van der Waals surface area contributed by atoms with Crippen LogP contribution in [0.2, 0.25) is 0 Å². The molecule has 0 saturated heterocycles. The van der Waals surface area contributed by atoms with Gasteiger partial charge in [-0.1, -0.05) is 309 Å². The molecule has 1 atom stereocenters. The highest BCUT2D eigenvalue weighted by atomic mass is 16.6. The van der Waals surface area contributed by atoms with Crippen LogP contribution in [0, 0.1) is 0 Å². The molecule has 0 rings (SSSR count). The van der Waals surface area contributed by atoms with Gasteiger partial charge in [-0.2, -0.15) is 0 Å². The topological polar surface area (TPSA) is 78.9 Å². The maximum atomic E-state index is 12.8. The van der Waals surface area contributed by atoms with Gasteiger partial charge in [0, 0.05) is 19.3 Å². The SMILES string of the molecule is CCCCCCCC/C=C\CCCCCCCC(=O)OC(COC(=O)CCCCCCCCCCC)COC(=O)CCCCCCCCCCCCCCCCCCCCCCCCCCCCCC. The average molecular weight is 988 g/mol. The zero-order valence-electron chi connectivity index (χ0n) is 47.6. The Hall–Kier alpha value is -1.85. The number of ether oxygens (including phenoxy) is 3. The lowest BCUT2D eigenvalue weighted by atomic mass is 10.0. The van der Waals surface area contributed by atoms with Crippen molar-refractivity contribution in [2.45, 2.75) is 367 Å². The third kappa shape index (κ3) is 57.1. The molecule has 6 heteroatoms. The number of allylic oxidation sites excluding steroid dienone is 2. The van der Waals surface area contributed by atoms with E-state index in [1.54, 1.807) is 0 Å². The third-order valence-electron chi connectivity index (χ3n) is 14.5. The van der Waals surface area contributed by atoms with Gasteiger partial charge < -0.3 is 14.2 Å². The smallest absolute Gasteiger partial charge is 0.306 e. The van der Waals surface area contributed by atoms with Crippen molar-refractivity contribution >= 4 is 17.9 Å². The fourth-order valence-electron chi connectivity index (χ4n) is 9.74. The molecule has 0 spiro atoms. The van der Waals surface area contributed by atoms with Crippen molar-refractivity contribution in [3.05, 3.63) is 12.2 Å². The van der Waals surface area contributed by atoms with Crippen LogP contribution in [-0.4, -0.2) is 37.2 Å². The lowest BCUT2D eigenvalue weighted by Gasteiger charge is -2.18. The highest BCUT2D eigenvalue weighted by Crippen LogP contribution is 2.18. The largest absolute Gasteiger partial charge is 0.462 e. The number of carbonyl (C=O) groups excluding carboxylic acids is 3. The van der Waals surface area contributed by atoms with Gasteiger partial charge in [-0.3, -0.25) is 14.4 Å². The molecule has 0 N–H and O–H groups in total. The van der Waals surface area contributed by atoms with E-state index < -0.39 is 6.10 Å². The van der Waals surface area contributed by atoms with Crippen LogP contribution >= 0.6 is 0 Å². The predicted molar refractivity (Wildman–Crippen MR) is 303 cm³/mol. The van der Waals surface area contributed by atoms with Gasteiger partial charge in [0.25, 0.3) is 0 Å². The predicted octanol–water partition coefficient (Wildman–Crippen LogP) is 21.3. The van der Waals surface area contributed by atoms with Gasteiger partial charge in [0.1, 0.15) is 13.2 Å². The first-order valence-corrected chi connectivity index (χ1v) is 31.7. The van der Waals surface area contributed by atoms with Gasteiger partial charge in [0.15, 0.2) is 6.10 Å². The highest BCUT2D eigenvalue weighted by molar-refractivity contribution is 5.71. The van der Waals surface area contributed by atoms with Crippen LogP contribution < -0.4 is 0 Å². The van der Waals surface area contributed by atoms with E-state index >= 15 is 0 Å². The molecule has 0 radical (unpaired) electrons. The molecule has 1 unspecified atom stereocenters. The highest BCUT2D eigenvalue weighted by Gasteiger charge is 2.19. The molecule has 0 aromatic rings. The van der Waals surface area contributed by atoms with Crippen molar-refractivity contribution in [1.82, 2.24) is 0 Å². The minimum Gasteiger partial charge on any atom is -0.462 e. The standard InChI is InChI=1S/C64H122O6/c1-4-7-10-13-16-19-21-23-25-26-27-28-29-30-31-32-33-34-35-36-37-39-40-42-45-48-51-54-57-63(66)69-60-61(59-68-62(65)56-53-50-47-44-18-15-12-9-6-3)70-64(67)58-55-52-49-46-43-41-38-24-22-20-17-14-11-8-5-2/h24,38,61H,4-23,25-37,39-60H2,1-3H3/b38-24-. The molecule has 0 aliphatic heterocycles. The number of esters is 3. The Balaban J connectivity index is 4.06. The fourth-order valence-corrected chi connectivity index (χ4v) is 9.74. The summed E-state index contributed by atoms with van der Waals surface area (Å²) in [4.78, 5) is 38.1. The Kier molecular flexibility index (Phi) is 58.1. The molecule has 0 aromatic carbocycles. The number of unbranched alkanes of at least 4 members (excludes halogenated alkanes) is 46. The van der Waals surface area contributed by atoms with Crippen LogP contribution in [0.25, 0.3) is 0 Å². The van der Waals surface area contributed by atoms with E-state index in [4.69, 9.17) is 14.2 Å². The van der Waals surface area contributed by atoms with Crippen LogP contribution in [-0.2, 0) is 28.6 Å². The number of hydrogen-bond donors (Lipinski definition) is 0. The van der Waals surface area contributed by atoms with E-state index in [0.29, 0.717) is 19.3 Å². The van der Waals surface area contributed by atoms with Crippen molar-refractivity contribution in [2.24, 2.45) is 0 Å². The molecular weight excluding hydrogens is 865 g/mol. The summed E-state index contributed by atoms with van der Waals surface area (Å²) in [5.74, 6) is -0.855. The number of carbonyl (C=O) groups is 3. The Bertz CT molecular complexity index is 1090. The Morgan fingerprint density at radius 1 is 0.271 bits per heavy atom. The quantitative estimate of drug-likeness (QED) is 0.0261. The van der Waals surface area contributed by atoms with E-state index in [1.807, 2.05) is 0 Å². The first-order valence-electron chi connectivity index (χ1n) is 31.7. The van der Waals surface area contributed by atoms with Gasteiger partial charge in [0.2, 0.25) is 0 Å². The van der Waals surface area contributed by atoms with Crippen LogP contribution in [0.15, 0.2) is 12.2 Å². The lowest BCUT2D eigenvalue weighted by molar-refractivity contribution is -0.167. The van der Waals surface area contributed by atoms with Crippen molar-refractivity contribution in [3.8, 4) is 0 Å². The average Bonchev–Trinajstić information content (AvgIpc) is 3.36. The van der Waals surface area contributed by atoms with Crippen LogP contribution in [0.1, 0.15) is 361 Å². The second-order valence-electron chi connectivity index (χ2n) is 21.7. The Labute approximate surface area is 437 Å². The maximum Gasteiger partial charge on any atom is 0.306 e. The summed E-state index contributed by atoms with van der Waals surface area (Å²) in [6.45, 7) is 6.67. The molecule has 0 fully saturated rings. The normalized spacial score (nSPS) is 12.0. The third-order valence-corrected chi connectivity index (χ3v) is 14.5. The zero-order valence-corrected chi connectivity index (χ0v) is 47.6. The van der Waals surface area contributed by atoms with Gasteiger partial charge in [0.05, 0.1) is 0 Å². The summed E-state index contributed by atoms with van der Waals surface area (Å²) in [7, 11) is 0. The molecule has 0 aliphatic rings. The lowest BCUT2D eigenvalue weighted by Crippen LogP contribution is -2.30. The second kappa shape index (κ2) is 59.7. The molecule has 0 bridgehead atoms. The van der Waals surface area contributed by atoms with Gasteiger partial charge in [-0.25, -0.2) is 0 Å². The Morgan fingerprint density at radius 2 is 0.471 bits per heavy atom. The molecule has 0 saturated carbocycles. The summed E-state index contributed by atoms with van der Waals surface area (Å²) in [6.07, 6.45) is 69.6. The molecule has 0 heterocycles. The number of hydrogen-bond acceptors (Lipinski definition) is 6. The molecule has 0 amide bonds. The van der Waals surface area contributed by atoms with Crippen molar-refractivity contribution in [3.63, 3.8) is 0 Å². The van der Waals surface area contributed by atoms with E-state index in [9.17, 15) is 14.4 Å². The first-order chi connectivity index (χ1) is 34.5. The van der Waals surface area contributed by atoms with Gasteiger partial charge in [-0.15, -0.1) is 0 Å². The summed E-state index contributed by atoms with van der Waals surface area (Å²) >= 11 is 0. The summed E-state index contributed by atoms with van der Waals surface area (Å²) < 4.78 is 16.9. The van der Waals surface area contributed by atoms with E-state index in [-0.39, 0.29) is 31.1 Å².